The average molecular weight is 414 g/mol. The number of nitro benzene ring substituents is 2. The Bertz CT molecular complexity index is 966. The summed E-state index contributed by atoms with van der Waals surface area (Å²) in [5.74, 6) is 0. The third-order valence-corrected chi connectivity index (χ3v) is 5.17. The second-order valence-electron chi connectivity index (χ2n) is 7.17. The number of amides is 1. The lowest BCUT2D eigenvalue weighted by Crippen LogP contribution is -2.33. The highest BCUT2D eigenvalue weighted by molar-refractivity contribution is 5.70. The molecule has 3 rings (SSSR count). The normalized spacial score (nSPS) is 18.0. The largest absolute Gasteiger partial charge is 0.443 e. The van der Waals surface area contributed by atoms with Gasteiger partial charge in [0.2, 0.25) is 0 Å². The van der Waals surface area contributed by atoms with Crippen molar-refractivity contribution in [2.45, 2.75) is 32.0 Å². The van der Waals surface area contributed by atoms with Gasteiger partial charge < -0.3 is 10.1 Å². The summed E-state index contributed by atoms with van der Waals surface area (Å²) in [6, 6.07) is 12.0. The number of non-ortho nitro benzene ring substituents is 2. The fraction of sp³-hybridized carbons (Fsp3) is 0.350. The highest BCUT2D eigenvalue weighted by Crippen LogP contribution is 2.28. The molecule has 0 radical (unpaired) electrons. The fourth-order valence-electron chi connectivity index (χ4n) is 3.38. The molecule has 1 N–H and O–H groups in total. The zero-order valence-corrected chi connectivity index (χ0v) is 16.6. The maximum Gasteiger partial charge on any atom is 0.410 e. The van der Waals surface area contributed by atoms with Crippen molar-refractivity contribution in [2.75, 3.05) is 13.1 Å². The molecule has 0 aromatic heterocycles. The van der Waals surface area contributed by atoms with Crippen molar-refractivity contribution >= 4 is 17.5 Å². The second-order valence-corrected chi connectivity index (χ2v) is 7.17. The number of cyclic esters (lactones) is 1. The number of nitro groups is 2. The van der Waals surface area contributed by atoms with Gasteiger partial charge in [0, 0.05) is 36.9 Å². The lowest BCUT2D eigenvalue weighted by atomic mass is 10.1. The van der Waals surface area contributed by atoms with E-state index >= 15 is 0 Å². The van der Waals surface area contributed by atoms with E-state index in [1.807, 2.05) is 6.92 Å². The van der Waals surface area contributed by atoms with E-state index in [2.05, 4.69) is 5.32 Å². The summed E-state index contributed by atoms with van der Waals surface area (Å²) in [4.78, 5) is 34.9. The van der Waals surface area contributed by atoms with Gasteiger partial charge in [0.25, 0.3) is 11.4 Å². The number of hydrogen-bond donors (Lipinski definition) is 1. The first-order chi connectivity index (χ1) is 14.3. The van der Waals surface area contributed by atoms with Gasteiger partial charge in [0.1, 0.15) is 6.10 Å². The van der Waals surface area contributed by atoms with Crippen LogP contribution in [-0.4, -0.2) is 40.0 Å². The molecule has 1 fully saturated rings. The van der Waals surface area contributed by atoms with E-state index in [0.29, 0.717) is 18.7 Å². The smallest absolute Gasteiger partial charge is 0.410 e. The molecule has 0 spiro atoms. The molecule has 30 heavy (non-hydrogen) atoms. The van der Waals surface area contributed by atoms with Gasteiger partial charge in [-0.05, 0) is 25.0 Å². The van der Waals surface area contributed by atoms with Gasteiger partial charge in [0.15, 0.2) is 0 Å². The molecule has 0 bridgehead atoms. The second kappa shape index (κ2) is 8.87. The first kappa shape index (κ1) is 21.2. The Morgan fingerprint density at radius 2 is 1.63 bits per heavy atom. The highest BCUT2D eigenvalue weighted by Gasteiger charge is 2.35. The predicted molar refractivity (Wildman–Crippen MR) is 108 cm³/mol. The first-order valence-electron chi connectivity index (χ1n) is 9.45. The fourth-order valence-corrected chi connectivity index (χ4v) is 3.38. The maximum atomic E-state index is 12.3. The summed E-state index contributed by atoms with van der Waals surface area (Å²) in [7, 11) is 0. The quantitative estimate of drug-likeness (QED) is 0.515. The van der Waals surface area contributed by atoms with E-state index < -0.39 is 22.0 Å². The summed E-state index contributed by atoms with van der Waals surface area (Å²) in [6.07, 6.45) is -0.886. The zero-order valence-electron chi connectivity index (χ0n) is 16.6. The lowest BCUT2D eigenvalue weighted by Gasteiger charge is -2.22. The number of ether oxygens (including phenoxy) is 1. The minimum atomic E-state index is -0.483. The van der Waals surface area contributed by atoms with Crippen LogP contribution in [0.3, 0.4) is 0 Å². The number of rotatable bonds is 8. The number of nitrogens with zero attached hydrogens (tertiary/aromatic N) is 3. The molecule has 3 atom stereocenters. The van der Waals surface area contributed by atoms with Crippen LogP contribution in [-0.2, 0) is 4.74 Å². The number of benzene rings is 2. The van der Waals surface area contributed by atoms with Crippen LogP contribution >= 0.6 is 0 Å². The summed E-state index contributed by atoms with van der Waals surface area (Å²) < 4.78 is 5.42. The third kappa shape index (κ3) is 4.71. The average Bonchev–Trinajstić information content (AvgIpc) is 3.12. The molecule has 1 heterocycles. The minimum absolute atomic E-state index is 0.0189. The molecule has 2 aromatic carbocycles. The van der Waals surface area contributed by atoms with Crippen molar-refractivity contribution in [1.82, 2.24) is 10.2 Å². The summed E-state index contributed by atoms with van der Waals surface area (Å²) in [5, 5.41) is 25.2. The van der Waals surface area contributed by atoms with Gasteiger partial charge in [0.05, 0.1) is 22.4 Å². The molecule has 1 aliphatic heterocycles. The van der Waals surface area contributed by atoms with E-state index in [1.165, 1.54) is 29.2 Å². The Morgan fingerprint density at radius 3 is 2.23 bits per heavy atom. The van der Waals surface area contributed by atoms with E-state index in [9.17, 15) is 25.0 Å². The van der Waals surface area contributed by atoms with Gasteiger partial charge in [-0.1, -0.05) is 24.3 Å². The van der Waals surface area contributed by atoms with Crippen LogP contribution < -0.4 is 5.32 Å². The Kier molecular flexibility index (Phi) is 6.26. The molecule has 10 heteroatoms. The highest BCUT2D eigenvalue weighted by atomic mass is 16.6. The van der Waals surface area contributed by atoms with Crippen LogP contribution in [0.2, 0.25) is 0 Å². The summed E-state index contributed by atoms with van der Waals surface area (Å²) in [6.45, 7) is 4.37. The lowest BCUT2D eigenvalue weighted by molar-refractivity contribution is -0.385. The standard InChI is InChI=1S/C20H22N4O6/c1-13(15-5-3-7-17(9-15)23(26)27)21-11-19-12-22(20(25)30-19)14(2)16-6-4-8-18(10-16)24(28)29/h3-10,13-14,19,21H,11-12H2,1-2H3/t13-,14-,19+/m0/s1. The Balaban J connectivity index is 1.60. The maximum absolute atomic E-state index is 12.3. The minimum Gasteiger partial charge on any atom is -0.443 e. The molecule has 10 nitrogen and oxygen atoms in total. The Labute approximate surface area is 172 Å². The van der Waals surface area contributed by atoms with Crippen molar-refractivity contribution in [2.24, 2.45) is 0 Å². The van der Waals surface area contributed by atoms with Gasteiger partial charge in [-0.15, -0.1) is 0 Å². The SMILES string of the molecule is C[C@H](NC[C@@H]1CN([C@@H](C)c2cccc([N+](=O)[O-])c2)C(=O)O1)c1cccc([N+](=O)[O-])c1. The molecule has 0 aliphatic carbocycles. The van der Waals surface area contributed by atoms with Crippen LogP contribution in [0.25, 0.3) is 0 Å². The molecule has 158 valence electrons. The molecular formula is C20H22N4O6. The number of carbonyl (C=O) groups is 1. The monoisotopic (exact) mass is 414 g/mol. The summed E-state index contributed by atoms with van der Waals surface area (Å²) >= 11 is 0. The molecule has 1 saturated heterocycles. The van der Waals surface area contributed by atoms with E-state index in [4.69, 9.17) is 4.74 Å². The Morgan fingerprint density at radius 1 is 1.07 bits per heavy atom. The number of hydrogen-bond acceptors (Lipinski definition) is 7. The van der Waals surface area contributed by atoms with E-state index in [1.54, 1.807) is 31.2 Å². The van der Waals surface area contributed by atoms with Crippen molar-refractivity contribution in [1.29, 1.82) is 0 Å². The van der Waals surface area contributed by atoms with Crippen LogP contribution in [0.1, 0.15) is 37.1 Å². The summed E-state index contributed by atoms with van der Waals surface area (Å²) in [5.41, 5.74) is 1.40. The molecule has 1 amide bonds. The predicted octanol–water partition coefficient (Wildman–Crippen LogP) is 3.74. The molecule has 2 aromatic rings. The molecule has 0 unspecified atom stereocenters. The van der Waals surface area contributed by atoms with E-state index in [-0.39, 0.29) is 23.5 Å². The molecular weight excluding hydrogens is 392 g/mol. The third-order valence-electron chi connectivity index (χ3n) is 5.17. The number of carbonyl (C=O) groups excluding carboxylic acids is 1. The van der Waals surface area contributed by atoms with Crippen LogP contribution in [0, 0.1) is 20.2 Å². The van der Waals surface area contributed by atoms with Gasteiger partial charge >= 0.3 is 6.09 Å². The van der Waals surface area contributed by atoms with Gasteiger partial charge in [-0.2, -0.15) is 0 Å². The zero-order chi connectivity index (χ0) is 21.8. The van der Waals surface area contributed by atoms with E-state index in [0.717, 1.165) is 5.56 Å². The van der Waals surface area contributed by atoms with Crippen molar-refractivity contribution < 1.29 is 19.4 Å². The molecule has 0 saturated carbocycles. The van der Waals surface area contributed by atoms with Crippen molar-refractivity contribution in [3.63, 3.8) is 0 Å². The van der Waals surface area contributed by atoms with Crippen LogP contribution in [0.15, 0.2) is 48.5 Å². The first-order valence-corrected chi connectivity index (χ1v) is 9.45. The van der Waals surface area contributed by atoms with Gasteiger partial charge in [-0.3, -0.25) is 25.1 Å². The Hall–Kier alpha value is -3.53. The number of nitrogens with one attached hydrogen (secondary N) is 1. The molecule has 1 aliphatic rings. The van der Waals surface area contributed by atoms with Gasteiger partial charge in [-0.25, -0.2) is 4.79 Å². The van der Waals surface area contributed by atoms with Crippen LogP contribution in [0.5, 0.6) is 0 Å². The topological polar surface area (TPSA) is 128 Å². The van der Waals surface area contributed by atoms with Crippen molar-refractivity contribution in [3.05, 3.63) is 79.9 Å². The van der Waals surface area contributed by atoms with Crippen molar-refractivity contribution in [3.8, 4) is 0 Å². The van der Waals surface area contributed by atoms with Crippen LogP contribution in [0.4, 0.5) is 16.2 Å².